The fourth-order valence-electron chi connectivity index (χ4n) is 1.25. The van der Waals surface area contributed by atoms with E-state index in [2.05, 4.69) is 38.8 Å². The Morgan fingerprint density at radius 2 is 2.00 bits per heavy atom. The van der Waals surface area contributed by atoms with Crippen molar-refractivity contribution in [2.45, 2.75) is 45.9 Å². The van der Waals surface area contributed by atoms with Gasteiger partial charge < -0.3 is 4.43 Å². The summed E-state index contributed by atoms with van der Waals surface area (Å²) in [4.78, 5) is 5.55. The Hall–Kier alpha value is 0.0969. The van der Waals surface area contributed by atoms with E-state index in [1.54, 1.807) is 0 Å². The molecule has 2 nitrogen and oxygen atoms in total. The third kappa shape index (κ3) is 3.87. The highest BCUT2D eigenvalue weighted by Gasteiger charge is 2.22. The average molecular weight is 264 g/mol. The maximum absolute atomic E-state index is 5.95. The Balaban J connectivity index is 2.87. The largest absolute Gasteiger partial charge is 0.415 e. The first-order chi connectivity index (χ1) is 6.80. The number of hydrogen-bond donors (Lipinski definition) is 0. The fourth-order valence-corrected chi connectivity index (χ4v) is 3.15. The Morgan fingerprint density at radius 3 is 2.47 bits per heavy atom. The summed E-state index contributed by atoms with van der Waals surface area (Å²) < 4.78 is 6.34. The molecule has 1 aromatic rings. The molecule has 0 bridgehead atoms. The fraction of sp³-hybridized carbons (Fsp3) is 0.700. The summed E-state index contributed by atoms with van der Waals surface area (Å²) in [5.74, 6) is 0. The van der Waals surface area contributed by atoms with Crippen molar-refractivity contribution < 1.29 is 4.43 Å². The first kappa shape index (κ1) is 13.2. The molecule has 0 spiro atoms. The smallest absolute Gasteiger partial charge is 0.184 e. The molecule has 0 N–H and O–H groups in total. The predicted octanol–water partition coefficient (Wildman–Crippen LogP) is 3.59. The van der Waals surface area contributed by atoms with Gasteiger partial charge in [-0.25, -0.2) is 4.98 Å². The number of nitrogens with zero attached hydrogens (tertiary/aromatic N) is 1. The number of aromatic nitrogens is 1. The monoisotopic (exact) mass is 263 g/mol. The third-order valence-electron chi connectivity index (χ3n) is 1.93. The minimum atomic E-state index is -0.970. The van der Waals surface area contributed by atoms with Crippen LogP contribution in [0.3, 0.4) is 0 Å². The van der Waals surface area contributed by atoms with E-state index in [-0.39, 0.29) is 5.41 Å². The van der Waals surface area contributed by atoms with Crippen LogP contribution in [-0.4, -0.2) is 14.0 Å². The molecule has 0 aliphatic carbocycles. The highest BCUT2D eigenvalue weighted by Crippen LogP contribution is 2.32. The van der Waals surface area contributed by atoms with Crippen molar-refractivity contribution in [2.75, 3.05) is 0 Å². The molecule has 15 heavy (non-hydrogen) atoms. The van der Waals surface area contributed by atoms with Crippen LogP contribution in [0.4, 0.5) is 0 Å². The van der Waals surface area contributed by atoms with Crippen LogP contribution in [-0.2, 0) is 16.4 Å². The van der Waals surface area contributed by atoms with Crippen molar-refractivity contribution in [1.29, 1.82) is 0 Å². The molecule has 0 aromatic carbocycles. The quantitative estimate of drug-likeness (QED) is 0.778. The third-order valence-corrected chi connectivity index (χ3v) is 3.90. The van der Waals surface area contributed by atoms with Gasteiger partial charge in [-0.15, -0.1) is 11.3 Å². The lowest BCUT2D eigenvalue weighted by Gasteiger charge is -2.18. The van der Waals surface area contributed by atoms with Crippen LogP contribution < -0.4 is 0 Å². The van der Waals surface area contributed by atoms with Gasteiger partial charge in [0, 0.05) is 5.41 Å². The minimum Gasteiger partial charge on any atom is -0.415 e. The van der Waals surface area contributed by atoms with Crippen LogP contribution in [0.2, 0.25) is 17.6 Å². The lowest BCUT2D eigenvalue weighted by Crippen LogP contribution is -2.15. The van der Waals surface area contributed by atoms with Gasteiger partial charge in [-0.05, 0) is 13.1 Å². The Labute approximate surface area is 102 Å². The van der Waals surface area contributed by atoms with Crippen LogP contribution >= 0.6 is 22.9 Å². The summed E-state index contributed by atoms with van der Waals surface area (Å²) in [5, 5.41) is 0. The molecule has 5 heteroatoms. The van der Waals surface area contributed by atoms with E-state index in [0.717, 1.165) is 5.69 Å². The molecule has 0 fully saturated rings. The van der Waals surface area contributed by atoms with Crippen molar-refractivity contribution in [3.8, 4) is 0 Å². The van der Waals surface area contributed by atoms with E-state index in [1.165, 1.54) is 16.2 Å². The summed E-state index contributed by atoms with van der Waals surface area (Å²) in [6.07, 6.45) is 0. The van der Waals surface area contributed by atoms with E-state index in [0.29, 0.717) is 11.1 Å². The molecule has 1 rings (SSSR count). The summed E-state index contributed by atoms with van der Waals surface area (Å²) in [7, 11) is -0.970. The Bertz CT molecular complexity index is 333. The van der Waals surface area contributed by atoms with Gasteiger partial charge in [-0.2, -0.15) is 0 Å². The summed E-state index contributed by atoms with van der Waals surface area (Å²) in [5.41, 5.74) is 1.12. The highest BCUT2D eigenvalue weighted by molar-refractivity contribution is 7.15. The molecule has 0 saturated heterocycles. The van der Waals surface area contributed by atoms with Crippen LogP contribution in [0.5, 0.6) is 0 Å². The molecule has 0 aliphatic heterocycles. The molecule has 0 aliphatic rings. The topological polar surface area (TPSA) is 22.1 Å². The molecule has 1 aromatic heterocycles. The summed E-state index contributed by atoms with van der Waals surface area (Å²) in [6.45, 7) is 11.4. The number of thiazole rings is 1. The average Bonchev–Trinajstić information content (AvgIpc) is 2.42. The molecule has 0 unspecified atom stereocenters. The zero-order valence-electron chi connectivity index (χ0n) is 9.93. The van der Waals surface area contributed by atoms with E-state index < -0.39 is 9.04 Å². The predicted molar refractivity (Wildman–Crippen MR) is 69.5 cm³/mol. The van der Waals surface area contributed by atoms with Gasteiger partial charge in [-0.3, -0.25) is 0 Å². The number of rotatable bonds is 3. The molecule has 1 heterocycles. The molecular formula is C10H18ClNOSSi. The highest BCUT2D eigenvalue weighted by atomic mass is 35.5. The van der Waals surface area contributed by atoms with E-state index >= 15 is 0 Å². The van der Waals surface area contributed by atoms with E-state index in [1.807, 2.05) is 0 Å². The zero-order valence-corrected chi connectivity index (χ0v) is 12.7. The summed E-state index contributed by atoms with van der Waals surface area (Å²) in [6, 6.07) is 0. The first-order valence-corrected chi connectivity index (χ1v) is 9.05. The van der Waals surface area contributed by atoms with Crippen LogP contribution in [0.25, 0.3) is 0 Å². The van der Waals surface area contributed by atoms with Crippen molar-refractivity contribution in [1.82, 2.24) is 4.98 Å². The van der Waals surface area contributed by atoms with Crippen molar-refractivity contribution in [3.63, 3.8) is 0 Å². The van der Waals surface area contributed by atoms with Gasteiger partial charge in [0.25, 0.3) is 0 Å². The molecule has 0 saturated carbocycles. The van der Waals surface area contributed by atoms with E-state index in [9.17, 15) is 0 Å². The SMILES string of the molecule is C[SiH](C)OCc1sc(Cl)nc1C(C)(C)C. The van der Waals surface area contributed by atoms with Crippen LogP contribution in [0.1, 0.15) is 31.3 Å². The molecular weight excluding hydrogens is 246 g/mol. The Morgan fingerprint density at radius 1 is 1.40 bits per heavy atom. The van der Waals surface area contributed by atoms with Gasteiger partial charge >= 0.3 is 0 Å². The zero-order chi connectivity index (χ0) is 11.6. The van der Waals surface area contributed by atoms with Gasteiger partial charge in [0.1, 0.15) is 0 Å². The van der Waals surface area contributed by atoms with Gasteiger partial charge in [-0.1, -0.05) is 32.4 Å². The van der Waals surface area contributed by atoms with Crippen LogP contribution in [0, 0.1) is 0 Å². The van der Waals surface area contributed by atoms with E-state index in [4.69, 9.17) is 16.0 Å². The maximum Gasteiger partial charge on any atom is 0.184 e. The van der Waals surface area contributed by atoms with Crippen molar-refractivity contribution in [2.24, 2.45) is 0 Å². The Kier molecular flexibility index (Phi) is 4.35. The minimum absolute atomic E-state index is 0.0425. The normalized spacial score (nSPS) is 12.5. The standard InChI is InChI=1S/C10H18ClNOSSi/c1-10(2,3)8-7(6-13-15(4)5)14-9(11)12-8/h15H,6H2,1-5H3. The lowest BCUT2D eigenvalue weighted by molar-refractivity contribution is 0.314. The lowest BCUT2D eigenvalue weighted by atomic mass is 9.91. The second kappa shape index (κ2) is 4.95. The van der Waals surface area contributed by atoms with Crippen LogP contribution in [0.15, 0.2) is 0 Å². The second-order valence-electron chi connectivity index (χ2n) is 4.85. The second-order valence-corrected chi connectivity index (χ2v) is 8.94. The number of halogens is 1. The van der Waals surface area contributed by atoms with Crippen molar-refractivity contribution >= 4 is 32.0 Å². The van der Waals surface area contributed by atoms with Gasteiger partial charge in [0.05, 0.1) is 17.2 Å². The maximum atomic E-state index is 5.95. The summed E-state index contributed by atoms with van der Waals surface area (Å²) >= 11 is 7.48. The first-order valence-electron chi connectivity index (χ1n) is 5.08. The molecule has 86 valence electrons. The number of hydrogen-bond acceptors (Lipinski definition) is 3. The van der Waals surface area contributed by atoms with Gasteiger partial charge in [0.2, 0.25) is 0 Å². The molecule has 0 radical (unpaired) electrons. The van der Waals surface area contributed by atoms with Gasteiger partial charge in [0.15, 0.2) is 13.5 Å². The van der Waals surface area contributed by atoms with Crippen molar-refractivity contribution in [3.05, 3.63) is 15.0 Å². The molecule has 0 amide bonds. The molecule has 0 atom stereocenters.